The van der Waals surface area contributed by atoms with Crippen molar-refractivity contribution in [3.05, 3.63) is 9.26 Å². The number of carbonyl (C=O) groups excluding carboxylic acids is 1. The predicted octanol–water partition coefficient (Wildman–Crippen LogP) is 3.03. The lowest BCUT2D eigenvalue weighted by molar-refractivity contribution is 0.0591. The summed E-state index contributed by atoms with van der Waals surface area (Å²) in [6, 6.07) is 0.324. The molecule has 8 heteroatoms. The number of nitrogens with zero attached hydrogens (tertiary/aromatic N) is 2. The normalized spacial score (nSPS) is 26.3. The number of rotatable bonds is 5. The molecule has 1 aromatic rings. The van der Waals surface area contributed by atoms with Crippen LogP contribution in [-0.4, -0.2) is 48.4 Å². The molecule has 3 rings (SSSR count). The molecule has 2 heterocycles. The van der Waals surface area contributed by atoms with E-state index in [9.17, 15) is 4.79 Å². The quantitative estimate of drug-likeness (QED) is 0.533. The number of anilines is 1. The Labute approximate surface area is 161 Å². The Kier molecular flexibility index (Phi) is 6.32. The van der Waals surface area contributed by atoms with E-state index < -0.39 is 5.97 Å². The molecule has 1 aliphatic carbocycles. The Bertz CT molecular complexity index is 614. The molecule has 0 radical (unpaired) electrons. The standard InChI is InChI=1S/C17H24IN3O4/c1-10-3-5-11(6-4-10)19-17-20-14(16(22)23-2)13(18)15(21-17)25-12-7-8-24-9-12/h10-12H,3-9H2,1-2H3,(H,19,20,21)/t10-,11+,12?. The minimum absolute atomic E-state index is 0.0442. The van der Waals surface area contributed by atoms with Gasteiger partial charge in [-0.2, -0.15) is 4.98 Å². The average Bonchev–Trinajstić information content (AvgIpc) is 3.12. The number of halogens is 1. The van der Waals surface area contributed by atoms with Crippen LogP contribution in [0.1, 0.15) is 49.5 Å². The first-order valence-corrected chi connectivity index (χ1v) is 9.81. The van der Waals surface area contributed by atoms with Gasteiger partial charge in [0, 0.05) is 12.5 Å². The fraction of sp³-hybridized carbons (Fsp3) is 0.706. The fourth-order valence-corrected chi connectivity index (χ4v) is 3.74. The molecule has 0 aromatic carbocycles. The Hall–Kier alpha value is -1.16. The van der Waals surface area contributed by atoms with E-state index in [0.717, 1.165) is 25.2 Å². The second-order valence-electron chi connectivity index (χ2n) is 6.71. The lowest BCUT2D eigenvalue weighted by Crippen LogP contribution is -2.27. The van der Waals surface area contributed by atoms with Crippen LogP contribution in [0, 0.1) is 9.49 Å². The lowest BCUT2D eigenvalue weighted by Gasteiger charge is -2.27. The van der Waals surface area contributed by atoms with Crippen molar-refractivity contribution in [2.45, 2.75) is 51.2 Å². The minimum Gasteiger partial charge on any atom is -0.471 e. The zero-order valence-corrected chi connectivity index (χ0v) is 16.7. The van der Waals surface area contributed by atoms with Gasteiger partial charge in [0.1, 0.15) is 9.67 Å². The van der Waals surface area contributed by atoms with Crippen molar-refractivity contribution < 1.29 is 19.0 Å². The van der Waals surface area contributed by atoms with Gasteiger partial charge < -0.3 is 19.5 Å². The second-order valence-corrected chi connectivity index (χ2v) is 7.79. The highest BCUT2D eigenvalue weighted by Crippen LogP contribution is 2.29. The molecule has 1 aromatic heterocycles. The Morgan fingerprint density at radius 3 is 2.64 bits per heavy atom. The molecule has 7 nitrogen and oxygen atoms in total. The van der Waals surface area contributed by atoms with Gasteiger partial charge in [-0.15, -0.1) is 0 Å². The average molecular weight is 461 g/mol. The predicted molar refractivity (Wildman–Crippen MR) is 101 cm³/mol. The number of aromatic nitrogens is 2. The molecule has 1 saturated heterocycles. The topological polar surface area (TPSA) is 82.6 Å². The van der Waals surface area contributed by atoms with E-state index in [1.807, 2.05) is 22.6 Å². The maximum atomic E-state index is 12.1. The first kappa shape index (κ1) is 18.6. The summed E-state index contributed by atoms with van der Waals surface area (Å²) in [5.74, 6) is 1.12. The van der Waals surface area contributed by atoms with E-state index in [-0.39, 0.29) is 11.8 Å². The van der Waals surface area contributed by atoms with Gasteiger partial charge in [0.05, 0.1) is 20.3 Å². The Morgan fingerprint density at radius 1 is 1.24 bits per heavy atom. The fourth-order valence-electron chi connectivity index (χ4n) is 3.15. The van der Waals surface area contributed by atoms with Gasteiger partial charge in [-0.1, -0.05) is 6.92 Å². The van der Waals surface area contributed by atoms with Crippen LogP contribution in [0.15, 0.2) is 0 Å². The highest BCUT2D eigenvalue weighted by molar-refractivity contribution is 14.1. The highest BCUT2D eigenvalue weighted by atomic mass is 127. The highest BCUT2D eigenvalue weighted by Gasteiger charge is 2.26. The number of esters is 1. The van der Waals surface area contributed by atoms with E-state index in [2.05, 4.69) is 22.2 Å². The maximum Gasteiger partial charge on any atom is 0.358 e. The molecule has 1 aliphatic heterocycles. The number of nitrogens with one attached hydrogen (secondary N) is 1. The summed E-state index contributed by atoms with van der Waals surface area (Å²) in [5.41, 5.74) is 0.235. The van der Waals surface area contributed by atoms with Gasteiger partial charge in [0.2, 0.25) is 11.8 Å². The van der Waals surface area contributed by atoms with Gasteiger partial charge in [-0.05, 0) is 54.2 Å². The summed E-state index contributed by atoms with van der Waals surface area (Å²) in [5, 5.41) is 3.37. The molecule has 1 atom stereocenters. The zero-order chi connectivity index (χ0) is 17.8. The molecule has 138 valence electrons. The molecule has 25 heavy (non-hydrogen) atoms. The van der Waals surface area contributed by atoms with E-state index in [0.29, 0.717) is 34.7 Å². The number of hydrogen-bond donors (Lipinski definition) is 1. The van der Waals surface area contributed by atoms with E-state index in [4.69, 9.17) is 14.2 Å². The van der Waals surface area contributed by atoms with Crippen LogP contribution >= 0.6 is 22.6 Å². The van der Waals surface area contributed by atoms with Crippen molar-refractivity contribution in [2.24, 2.45) is 5.92 Å². The third kappa shape index (κ3) is 4.72. The van der Waals surface area contributed by atoms with Crippen LogP contribution in [0.25, 0.3) is 0 Å². The van der Waals surface area contributed by atoms with E-state index in [1.165, 1.54) is 20.0 Å². The third-order valence-electron chi connectivity index (χ3n) is 4.71. The lowest BCUT2D eigenvalue weighted by atomic mass is 9.87. The summed E-state index contributed by atoms with van der Waals surface area (Å²) in [7, 11) is 1.35. The molecular formula is C17H24IN3O4. The molecule has 1 N–H and O–H groups in total. The van der Waals surface area contributed by atoms with Crippen molar-refractivity contribution in [1.82, 2.24) is 9.97 Å². The third-order valence-corrected chi connectivity index (χ3v) is 5.69. The smallest absolute Gasteiger partial charge is 0.358 e. The van der Waals surface area contributed by atoms with Crippen molar-refractivity contribution in [2.75, 3.05) is 25.6 Å². The molecule has 0 amide bonds. The first-order chi connectivity index (χ1) is 12.1. The Morgan fingerprint density at radius 2 is 2.00 bits per heavy atom. The van der Waals surface area contributed by atoms with Gasteiger partial charge in [0.25, 0.3) is 0 Å². The summed E-state index contributed by atoms with van der Waals surface area (Å²) in [4.78, 5) is 21.0. The largest absolute Gasteiger partial charge is 0.471 e. The van der Waals surface area contributed by atoms with Crippen molar-refractivity contribution >= 4 is 34.5 Å². The van der Waals surface area contributed by atoms with Gasteiger partial charge in [-0.25, -0.2) is 9.78 Å². The molecule has 0 spiro atoms. The zero-order valence-electron chi connectivity index (χ0n) is 14.6. The molecular weight excluding hydrogens is 437 g/mol. The summed E-state index contributed by atoms with van der Waals surface area (Å²) in [6.07, 6.45) is 5.31. The molecule has 1 saturated carbocycles. The SMILES string of the molecule is COC(=O)c1nc(N[C@H]2CC[C@@H](C)CC2)nc(OC2CCOC2)c1I. The van der Waals surface area contributed by atoms with Gasteiger partial charge in [0.15, 0.2) is 5.69 Å². The minimum atomic E-state index is -0.486. The van der Waals surface area contributed by atoms with Crippen LogP contribution < -0.4 is 10.1 Å². The van der Waals surface area contributed by atoms with Gasteiger partial charge in [-0.3, -0.25) is 0 Å². The molecule has 0 bridgehead atoms. The number of hydrogen-bond acceptors (Lipinski definition) is 7. The van der Waals surface area contributed by atoms with E-state index >= 15 is 0 Å². The second kappa shape index (κ2) is 8.48. The van der Waals surface area contributed by atoms with Crippen LogP contribution in [-0.2, 0) is 9.47 Å². The first-order valence-electron chi connectivity index (χ1n) is 8.73. The van der Waals surface area contributed by atoms with Crippen LogP contribution in [0.2, 0.25) is 0 Å². The number of carbonyl (C=O) groups is 1. The summed E-state index contributed by atoms with van der Waals surface area (Å²) < 4.78 is 16.7. The maximum absolute atomic E-state index is 12.1. The molecule has 2 fully saturated rings. The number of methoxy groups -OCH3 is 1. The number of ether oxygens (including phenoxy) is 3. The van der Waals surface area contributed by atoms with Crippen LogP contribution in [0.4, 0.5) is 5.95 Å². The monoisotopic (exact) mass is 461 g/mol. The molecule has 1 unspecified atom stereocenters. The van der Waals surface area contributed by atoms with Crippen LogP contribution in [0.5, 0.6) is 5.88 Å². The van der Waals surface area contributed by atoms with Gasteiger partial charge >= 0.3 is 5.97 Å². The Balaban J connectivity index is 1.81. The van der Waals surface area contributed by atoms with Crippen molar-refractivity contribution in [3.63, 3.8) is 0 Å². The summed E-state index contributed by atoms with van der Waals surface area (Å²) >= 11 is 2.04. The van der Waals surface area contributed by atoms with E-state index in [1.54, 1.807) is 0 Å². The van der Waals surface area contributed by atoms with Crippen molar-refractivity contribution in [3.8, 4) is 5.88 Å². The molecule has 2 aliphatic rings. The van der Waals surface area contributed by atoms with Crippen molar-refractivity contribution in [1.29, 1.82) is 0 Å². The summed E-state index contributed by atoms with van der Waals surface area (Å²) in [6.45, 7) is 3.50. The van der Waals surface area contributed by atoms with Crippen LogP contribution in [0.3, 0.4) is 0 Å².